The van der Waals surface area contributed by atoms with Crippen LogP contribution in [0.1, 0.15) is 36.2 Å². The fourth-order valence-corrected chi connectivity index (χ4v) is 5.59. The summed E-state index contributed by atoms with van der Waals surface area (Å²) in [5.41, 5.74) is 3.39. The van der Waals surface area contributed by atoms with Gasteiger partial charge in [-0.15, -0.1) is 0 Å². The molecule has 1 fully saturated rings. The Hall–Kier alpha value is -3.62. The molecule has 3 atom stereocenters. The van der Waals surface area contributed by atoms with Gasteiger partial charge in [-0.1, -0.05) is 17.9 Å². The molecule has 0 aliphatic carbocycles. The van der Waals surface area contributed by atoms with Gasteiger partial charge in [0, 0.05) is 53.6 Å². The van der Waals surface area contributed by atoms with Crippen molar-refractivity contribution in [2.45, 2.75) is 57.0 Å². The van der Waals surface area contributed by atoms with Crippen molar-refractivity contribution in [2.75, 3.05) is 62.9 Å². The Balaban J connectivity index is 1.49. The lowest BCUT2D eigenvalue weighted by atomic mass is 9.98. The van der Waals surface area contributed by atoms with Crippen molar-refractivity contribution in [2.24, 2.45) is 0 Å². The second-order valence-electron chi connectivity index (χ2n) is 11.2. The quantitative estimate of drug-likeness (QED) is 0.332. The van der Waals surface area contributed by atoms with Gasteiger partial charge in [0.1, 0.15) is 12.3 Å². The zero-order valence-corrected chi connectivity index (χ0v) is 24.9. The number of rotatable bonds is 9. The topological polar surface area (TPSA) is 80.9 Å². The molecule has 0 bridgehead atoms. The predicted molar refractivity (Wildman–Crippen MR) is 162 cm³/mol. The second kappa shape index (κ2) is 13.6. The van der Waals surface area contributed by atoms with E-state index in [2.05, 4.69) is 45.1 Å². The molecule has 1 amide bonds. The van der Waals surface area contributed by atoms with Crippen molar-refractivity contribution >= 4 is 23.0 Å². The van der Waals surface area contributed by atoms with Crippen LogP contribution in [0.5, 0.6) is 5.75 Å². The first kappa shape index (κ1) is 31.3. The van der Waals surface area contributed by atoms with Crippen LogP contribution in [0.15, 0.2) is 36.4 Å². The van der Waals surface area contributed by atoms with Crippen molar-refractivity contribution in [3.05, 3.63) is 47.5 Å². The minimum absolute atomic E-state index is 0.00149. The van der Waals surface area contributed by atoms with Crippen LogP contribution in [0.3, 0.4) is 0 Å². The molecular formula is C31H41F3N6O2. The summed E-state index contributed by atoms with van der Waals surface area (Å²) >= 11 is 0. The summed E-state index contributed by atoms with van der Waals surface area (Å²) in [6.07, 6.45) is -3.05. The Morgan fingerprint density at radius 3 is 2.64 bits per heavy atom. The molecule has 2 heterocycles. The Bertz CT molecular complexity index is 1310. The molecule has 3 unspecified atom stereocenters. The number of nitrogens with zero attached hydrogens (tertiary/aromatic N) is 2. The number of likely N-dealkylation sites (tertiary alicyclic amines) is 1. The number of benzene rings is 2. The summed E-state index contributed by atoms with van der Waals surface area (Å²) < 4.78 is 46.4. The highest BCUT2D eigenvalue weighted by atomic mass is 19.4. The lowest BCUT2D eigenvalue weighted by molar-refractivity contribution is -0.120. The monoisotopic (exact) mass is 586 g/mol. The zero-order valence-electron chi connectivity index (χ0n) is 24.9. The second-order valence-corrected chi connectivity index (χ2v) is 11.2. The number of hydrogen-bond donors (Lipinski definition) is 4. The lowest BCUT2D eigenvalue weighted by Crippen LogP contribution is -2.54. The van der Waals surface area contributed by atoms with Crippen LogP contribution in [-0.2, 0) is 6.42 Å². The van der Waals surface area contributed by atoms with E-state index in [0.717, 1.165) is 30.8 Å². The number of halogens is 3. The molecule has 0 spiro atoms. The highest BCUT2D eigenvalue weighted by Crippen LogP contribution is 2.39. The van der Waals surface area contributed by atoms with Crippen molar-refractivity contribution < 1.29 is 22.7 Å². The maximum absolute atomic E-state index is 13.7. The molecule has 8 nitrogen and oxygen atoms in total. The van der Waals surface area contributed by atoms with Gasteiger partial charge in [-0.25, -0.2) is 0 Å². The van der Waals surface area contributed by atoms with Crippen molar-refractivity contribution in [1.29, 1.82) is 0 Å². The number of likely N-dealkylation sites (N-methyl/N-ethyl adjacent to an activating group) is 2. The number of ether oxygens (including phenoxy) is 1. The van der Waals surface area contributed by atoms with E-state index < -0.39 is 18.8 Å². The Kier molecular flexibility index (Phi) is 10.1. The number of piperidine rings is 1. The fourth-order valence-electron chi connectivity index (χ4n) is 5.59. The number of fused-ring (bicyclic) bond motifs is 1. The maximum Gasteiger partial charge on any atom is 0.405 e. The highest BCUT2D eigenvalue weighted by molar-refractivity contribution is 5.95. The molecule has 0 saturated carbocycles. The highest BCUT2D eigenvalue weighted by Gasteiger charge is 2.39. The first-order valence-electron chi connectivity index (χ1n) is 14.3. The van der Waals surface area contributed by atoms with E-state index in [1.54, 1.807) is 24.3 Å². The molecule has 2 aromatic carbocycles. The first-order valence-corrected chi connectivity index (χ1v) is 14.3. The lowest BCUT2D eigenvalue weighted by Gasteiger charge is -2.37. The van der Waals surface area contributed by atoms with E-state index in [0.29, 0.717) is 29.1 Å². The maximum atomic E-state index is 13.7. The Morgan fingerprint density at radius 1 is 1.17 bits per heavy atom. The fraction of sp³-hybridized carbons (Fsp3) is 0.516. The van der Waals surface area contributed by atoms with Crippen molar-refractivity contribution in [3.8, 4) is 17.6 Å². The first-order chi connectivity index (χ1) is 20.0. The van der Waals surface area contributed by atoms with E-state index in [1.807, 2.05) is 33.0 Å². The van der Waals surface area contributed by atoms with E-state index in [1.165, 1.54) is 12.0 Å². The molecule has 42 heavy (non-hydrogen) atoms. The number of carbonyl (C=O) groups is 1. The number of nitrogens with one attached hydrogen (secondary N) is 4. The minimum atomic E-state index is -4.37. The molecule has 0 aromatic heterocycles. The van der Waals surface area contributed by atoms with Crippen LogP contribution in [0, 0.1) is 11.8 Å². The molecule has 4 N–H and O–H groups in total. The minimum Gasteiger partial charge on any atom is -0.495 e. The van der Waals surface area contributed by atoms with Gasteiger partial charge in [0.05, 0.1) is 25.4 Å². The molecule has 2 aliphatic rings. The van der Waals surface area contributed by atoms with Crippen LogP contribution in [-0.4, -0.2) is 88.5 Å². The SMILES string of the molecule is CNC1CN(C)CCC1Nc1cccc2c1CC(C#CCNc1ccc(C(=O)NC(C)C)cc1OC)N2CC(F)(F)F. The smallest absolute Gasteiger partial charge is 0.405 e. The van der Waals surface area contributed by atoms with Gasteiger partial charge in [0.15, 0.2) is 0 Å². The largest absolute Gasteiger partial charge is 0.495 e. The number of anilines is 3. The molecule has 2 aliphatic heterocycles. The average molecular weight is 587 g/mol. The molecule has 2 aromatic rings. The van der Waals surface area contributed by atoms with Gasteiger partial charge in [-0.05, 0) is 71.2 Å². The average Bonchev–Trinajstić information content (AvgIpc) is 3.28. The molecule has 0 radical (unpaired) electrons. The van der Waals surface area contributed by atoms with Crippen molar-refractivity contribution in [1.82, 2.24) is 15.5 Å². The zero-order chi connectivity index (χ0) is 30.4. The van der Waals surface area contributed by atoms with Gasteiger partial charge in [-0.3, -0.25) is 4.79 Å². The van der Waals surface area contributed by atoms with Crippen molar-refractivity contribution in [3.63, 3.8) is 0 Å². The normalized spacial score (nSPS) is 20.5. The number of methoxy groups -OCH3 is 1. The van der Waals surface area contributed by atoms with E-state index in [-0.39, 0.29) is 30.6 Å². The number of alkyl halides is 3. The summed E-state index contributed by atoms with van der Waals surface area (Å²) in [7, 11) is 5.54. The number of amides is 1. The molecule has 228 valence electrons. The standard InChI is InChI=1S/C31H41F3N6O2/c1-20(2)37-30(41)21-11-12-26(29(16-21)42-5)36-14-7-8-22-17-23-24(38-25-13-15-39(4)18-27(25)35-3)9-6-10-28(23)40(22)19-31(32,33)34/h6,9-12,16,20,22,25,27,35-36,38H,13-15,17-19H2,1-5H3,(H,37,41). The third-order valence-electron chi connectivity index (χ3n) is 7.63. The number of carbonyl (C=O) groups excluding carboxylic acids is 1. The Morgan fingerprint density at radius 2 is 1.95 bits per heavy atom. The van der Waals surface area contributed by atoms with E-state index in [9.17, 15) is 18.0 Å². The molecule has 1 saturated heterocycles. The number of hydrogen-bond acceptors (Lipinski definition) is 7. The summed E-state index contributed by atoms with van der Waals surface area (Å²) in [5.74, 6) is 6.37. The Labute approximate surface area is 246 Å². The van der Waals surface area contributed by atoms with Crippen LogP contribution < -0.4 is 30.9 Å². The summed E-state index contributed by atoms with van der Waals surface area (Å²) in [5, 5.41) is 13.0. The van der Waals surface area contributed by atoms with Crippen LogP contribution in [0.25, 0.3) is 0 Å². The third-order valence-corrected chi connectivity index (χ3v) is 7.63. The van der Waals surface area contributed by atoms with Crippen LogP contribution in [0.2, 0.25) is 0 Å². The van der Waals surface area contributed by atoms with E-state index >= 15 is 0 Å². The predicted octanol–water partition coefficient (Wildman–Crippen LogP) is 3.95. The van der Waals surface area contributed by atoms with Gasteiger partial charge < -0.3 is 35.8 Å². The van der Waals surface area contributed by atoms with Gasteiger partial charge in [0.25, 0.3) is 5.91 Å². The van der Waals surface area contributed by atoms with Gasteiger partial charge in [-0.2, -0.15) is 13.2 Å². The summed E-state index contributed by atoms with van der Waals surface area (Å²) in [6.45, 7) is 4.74. The third kappa shape index (κ3) is 7.81. The molecular weight excluding hydrogens is 545 g/mol. The summed E-state index contributed by atoms with van der Waals surface area (Å²) in [6, 6.07) is 10.3. The van der Waals surface area contributed by atoms with Gasteiger partial charge >= 0.3 is 6.18 Å². The van der Waals surface area contributed by atoms with E-state index in [4.69, 9.17) is 4.74 Å². The van der Waals surface area contributed by atoms with Crippen LogP contribution in [0.4, 0.5) is 30.2 Å². The molecule has 11 heteroatoms. The van der Waals surface area contributed by atoms with Gasteiger partial charge in [0.2, 0.25) is 0 Å². The molecule has 4 rings (SSSR count). The van der Waals surface area contributed by atoms with Crippen LogP contribution >= 0.6 is 0 Å². The summed E-state index contributed by atoms with van der Waals surface area (Å²) in [4.78, 5) is 16.0.